The van der Waals surface area contributed by atoms with Crippen LogP contribution in [0.1, 0.15) is 46.9 Å². The van der Waals surface area contributed by atoms with Crippen molar-refractivity contribution in [3.63, 3.8) is 0 Å². The number of nitrogens with one attached hydrogen (secondary N) is 2. The first-order chi connectivity index (χ1) is 16.5. The fourth-order valence-corrected chi connectivity index (χ4v) is 3.52. The summed E-state index contributed by atoms with van der Waals surface area (Å²) in [5.41, 5.74) is 2.44. The summed E-state index contributed by atoms with van der Waals surface area (Å²) < 4.78 is 5.79. The topological polar surface area (TPSA) is 70.7 Å². The van der Waals surface area contributed by atoms with Crippen LogP contribution in [0.4, 0.5) is 11.4 Å². The number of benzene rings is 3. The molecule has 3 aromatic carbocycles. The van der Waals surface area contributed by atoms with Crippen molar-refractivity contribution in [1.82, 2.24) is 5.32 Å². The molecular weight excluding hydrogens is 446 g/mol. The van der Waals surface area contributed by atoms with Crippen LogP contribution < -0.4 is 20.3 Å². The standard InChI is InChI=1S/C27H29N3O3S/c1-3-4-10-19-33-24-14-9-8-13-23(24)25(31)29-27(34)28-21-17-15-20(16-18-21)26(32)30(2)22-11-6-5-7-12-22/h5-9,11-18H,3-4,10,19H2,1-2H3,(H2,28,29,31,34). The Morgan fingerprint density at radius 1 is 0.912 bits per heavy atom. The molecule has 0 radical (unpaired) electrons. The molecule has 7 heteroatoms. The van der Waals surface area contributed by atoms with Gasteiger partial charge in [0.25, 0.3) is 11.8 Å². The maximum Gasteiger partial charge on any atom is 0.261 e. The van der Waals surface area contributed by atoms with Gasteiger partial charge in [-0.15, -0.1) is 0 Å². The maximum absolute atomic E-state index is 12.7. The molecule has 3 aromatic rings. The maximum atomic E-state index is 12.7. The third kappa shape index (κ3) is 6.89. The van der Waals surface area contributed by atoms with E-state index in [1.54, 1.807) is 54.4 Å². The minimum atomic E-state index is -0.347. The quantitative estimate of drug-likeness (QED) is 0.309. The zero-order valence-electron chi connectivity index (χ0n) is 19.4. The molecule has 0 unspecified atom stereocenters. The summed E-state index contributed by atoms with van der Waals surface area (Å²) in [6.45, 7) is 2.69. The summed E-state index contributed by atoms with van der Waals surface area (Å²) in [4.78, 5) is 27.1. The highest BCUT2D eigenvalue weighted by atomic mass is 32.1. The Labute approximate surface area is 205 Å². The van der Waals surface area contributed by atoms with E-state index in [0.717, 1.165) is 24.9 Å². The first-order valence-corrected chi connectivity index (χ1v) is 11.7. The Hall–Kier alpha value is -3.71. The molecule has 0 atom stereocenters. The number of unbranched alkanes of at least 4 members (excludes halogenated alkanes) is 2. The molecule has 6 nitrogen and oxygen atoms in total. The average molecular weight is 476 g/mol. The van der Waals surface area contributed by atoms with Crippen molar-refractivity contribution in [2.45, 2.75) is 26.2 Å². The van der Waals surface area contributed by atoms with Gasteiger partial charge < -0.3 is 15.0 Å². The molecule has 3 rings (SSSR count). The first kappa shape index (κ1) is 24.9. The monoisotopic (exact) mass is 475 g/mol. The third-order valence-electron chi connectivity index (χ3n) is 5.20. The lowest BCUT2D eigenvalue weighted by Crippen LogP contribution is -2.34. The predicted octanol–water partition coefficient (Wildman–Crippen LogP) is 5.66. The predicted molar refractivity (Wildman–Crippen MR) is 141 cm³/mol. The Balaban J connectivity index is 1.57. The highest BCUT2D eigenvalue weighted by molar-refractivity contribution is 7.80. The van der Waals surface area contributed by atoms with E-state index in [1.807, 2.05) is 36.4 Å². The van der Waals surface area contributed by atoms with E-state index >= 15 is 0 Å². The first-order valence-electron chi connectivity index (χ1n) is 11.3. The summed E-state index contributed by atoms with van der Waals surface area (Å²) in [6, 6.07) is 23.5. The normalized spacial score (nSPS) is 10.3. The fourth-order valence-electron chi connectivity index (χ4n) is 3.31. The van der Waals surface area contributed by atoms with Gasteiger partial charge >= 0.3 is 0 Å². The number of nitrogens with zero attached hydrogens (tertiary/aromatic N) is 1. The van der Waals surface area contributed by atoms with Crippen molar-refractivity contribution < 1.29 is 14.3 Å². The fraction of sp³-hybridized carbons (Fsp3) is 0.222. The van der Waals surface area contributed by atoms with Gasteiger partial charge in [-0.05, 0) is 67.2 Å². The number of hydrogen-bond donors (Lipinski definition) is 2. The van der Waals surface area contributed by atoms with Gasteiger partial charge in [0.05, 0.1) is 12.2 Å². The van der Waals surface area contributed by atoms with Crippen LogP contribution in [0.15, 0.2) is 78.9 Å². The molecule has 34 heavy (non-hydrogen) atoms. The Morgan fingerprint density at radius 2 is 1.59 bits per heavy atom. The van der Waals surface area contributed by atoms with E-state index in [1.165, 1.54) is 0 Å². The lowest BCUT2D eigenvalue weighted by atomic mass is 10.1. The number of para-hydroxylation sites is 2. The van der Waals surface area contributed by atoms with Gasteiger partial charge in [-0.3, -0.25) is 14.9 Å². The summed E-state index contributed by atoms with van der Waals surface area (Å²) >= 11 is 5.31. The number of hydrogen-bond acceptors (Lipinski definition) is 4. The Morgan fingerprint density at radius 3 is 2.29 bits per heavy atom. The van der Waals surface area contributed by atoms with Crippen LogP contribution in [0.3, 0.4) is 0 Å². The second-order valence-electron chi connectivity index (χ2n) is 7.74. The van der Waals surface area contributed by atoms with E-state index in [2.05, 4.69) is 17.6 Å². The molecule has 0 saturated heterocycles. The van der Waals surface area contributed by atoms with E-state index in [9.17, 15) is 9.59 Å². The van der Waals surface area contributed by atoms with Crippen molar-refractivity contribution >= 4 is 40.5 Å². The summed E-state index contributed by atoms with van der Waals surface area (Å²) in [6.07, 6.45) is 3.12. The van der Waals surface area contributed by atoms with Crippen molar-refractivity contribution in [1.29, 1.82) is 0 Å². The number of carbonyl (C=O) groups is 2. The van der Waals surface area contributed by atoms with Crippen LogP contribution in [-0.2, 0) is 0 Å². The Kier molecular flexibility index (Phi) is 9.17. The van der Waals surface area contributed by atoms with Crippen LogP contribution in [0.2, 0.25) is 0 Å². The second kappa shape index (κ2) is 12.5. The SMILES string of the molecule is CCCCCOc1ccccc1C(=O)NC(=S)Nc1ccc(C(=O)N(C)c2ccccc2)cc1. The summed E-state index contributed by atoms with van der Waals surface area (Å²) in [5, 5.41) is 5.83. The minimum absolute atomic E-state index is 0.121. The van der Waals surface area contributed by atoms with Gasteiger partial charge in [0.2, 0.25) is 0 Å². The highest BCUT2D eigenvalue weighted by Crippen LogP contribution is 2.19. The van der Waals surface area contributed by atoms with Gasteiger partial charge in [-0.2, -0.15) is 0 Å². The molecular formula is C27H29N3O3S. The molecule has 0 aromatic heterocycles. The van der Waals surface area contributed by atoms with Gasteiger partial charge in [-0.1, -0.05) is 50.1 Å². The zero-order valence-corrected chi connectivity index (χ0v) is 20.2. The van der Waals surface area contributed by atoms with Crippen molar-refractivity contribution in [3.05, 3.63) is 90.0 Å². The number of carbonyl (C=O) groups excluding carboxylic acids is 2. The molecule has 176 valence electrons. The van der Waals surface area contributed by atoms with Gasteiger partial charge in [0, 0.05) is 24.0 Å². The number of amides is 2. The van der Waals surface area contributed by atoms with E-state index in [4.69, 9.17) is 17.0 Å². The number of thiocarbonyl (C=S) groups is 1. The lowest BCUT2D eigenvalue weighted by Gasteiger charge is -2.17. The minimum Gasteiger partial charge on any atom is -0.493 e. The Bertz CT molecular complexity index is 1120. The van der Waals surface area contributed by atoms with Crippen LogP contribution in [0.25, 0.3) is 0 Å². The lowest BCUT2D eigenvalue weighted by molar-refractivity contribution is 0.0970. The molecule has 0 aliphatic rings. The van der Waals surface area contributed by atoms with Crippen LogP contribution in [-0.4, -0.2) is 30.6 Å². The number of anilines is 2. The van der Waals surface area contributed by atoms with Gasteiger partial charge in [0.1, 0.15) is 5.75 Å². The zero-order chi connectivity index (χ0) is 24.3. The largest absolute Gasteiger partial charge is 0.493 e. The van der Waals surface area contributed by atoms with Gasteiger partial charge in [0.15, 0.2) is 5.11 Å². The summed E-state index contributed by atoms with van der Waals surface area (Å²) in [5.74, 6) is 0.0633. The van der Waals surface area contributed by atoms with Crippen molar-refractivity contribution in [2.75, 3.05) is 23.9 Å². The van der Waals surface area contributed by atoms with Crippen molar-refractivity contribution in [2.24, 2.45) is 0 Å². The van der Waals surface area contributed by atoms with E-state index in [-0.39, 0.29) is 16.9 Å². The molecule has 0 aliphatic heterocycles. The molecule has 0 spiro atoms. The van der Waals surface area contributed by atoms with Crippen molar-refractivity contribution in [3.8, 4) is 5.75 Å². The van der Waals surface area contributed by atoms with E-state index < -0.39 is 0 Å². The smallest absolute Gasteiger partial charge is 0.261 e. The van der Waals surface area contributed by atoms with Gasteiger partial charge in [-0.25, -0.2) is 0 Å². The van der Waals surface area contributed by atoms with E-state index in [0.29, 0.717) is 29.2 Å². The average Bonchev–Trinajstić information content (AvgIpc) is 2.87. The summed E-state index contributed by atoms with van der Waals surface area (Å²) in [7, 11) is 1.74. The number of rotatable bonds is 9. The molecule has 0 heterocycles. The molecule has 2 amide bonds. The molecule has 0 saturated carbocycles. The molecule has 0 bridgehead atoms. The highest BCUT2D eigenvalue weighted by Gasteiger charge is 2.15. The van der Waals surface area contributed by atoms with Crippen LogP contribution in [0, 0.1) is 0 Å². The molecule has 2 N–H and O–H groups in total. The van der Waals surface area contributed by atoms with Crippen LogP contribution >= 0.6 is 12.2 Å². The third-order valence-corrected chi connectivity index (χ3v) is 5.41. The number of ether oxygens (including phenoxy) is 1. The van der Waals surface area contributed by atoms with Crippen LogP contribution in [0.5, 0.6) is 5.75 Å². The molecule has 0 aliphatic carbocycles. The second-order valence-corrected chi connectivity index (χ2v) is 8.15. The molecule has 0 fully saturated rings.